The molecule has 0 aliphatic heterocycles. The molecule has 0 heterocycles. The van der Waals surface area contributed by atoms with E-state index in [1.807, 2.05) is 30.3 Å². The summed E-state index contributed by atoms with van der Waals surface area (Å²) in [5, 5.41) is 2.98. The number of rotatable bonds is 14. The molecular weight excluding hydrogens is 582 g/mol. The number of carbonyl (C=O) groups excluding carboxylic acids is 2. The molecule has 0 fully saturated rings. The summed E-state index contributed by atoms with van der Waals surface area (Å²) in [6.07, 6.45) is 0.458. The van der Waals surface area contributed by atoms with E-state index in [0.29, 0.717) is 18.7 Å². The lowest BCUT2D eigenvalue weighted by atomic mass is 10.1. The van der Waals surface area contributed by atoms with Crippen molar-refractivity contribution in [3.8, 4) is 17.2 Å². The van der Waals surface area contributed by atoms with Crippen molar-refractivity contribution in [1.29, 1.82) is 0 Å². The molecule has 3 rings (SSSR count). The fourth-order valence-corrected chi connectivity index (χ4v) is 5.97. The summed E-state index contributed by atoms with van der Waals surface area (Å²) < 4.78 is 45.4. The van der Waals surface area contributed by atoms with Gasteiger partial charge in [0.25, 0.3) is 10.0 Å². The Hall–Kier alpha value is -3.96. The van der Waals surface area contributed by atoms with Crippen LogP contribution >= 0.6 is 11.6 Å². The van der Waals surface area contributed by atoms with E-state index in [9.17, 15) is 18.0 Å². The first kappa shape index (κ1) is 32.6. The second kappa shape index (κ2) is 14.8. The Kier molecular flexibility index (Phi) is 11.5. The van der Waals surface area contributed by atoms with Gasteiger partial charge in [-0.2, -0.15) is 0 Å². The van der Waals surface area contributed by atoms with Crippen molar-refractivity contribution in [3.63, 3.8) is 0 Å². The van der Waals surface area contributed by atoms with Crippen molar-refractivity contribution in [2.75, 3.05) is 45.3 Å². The van der Waals surface area contributed by atoms with E-state index in [1.54, 1.807) is 19.9 Å². The largest absolute Gasteiger partial charge is 0.495 e. The Bertz CT molecular complexity index is 1490. The van der Waals surface area contributed by atoms with Crippen LogP contribution < -0.4 is 23.8 Å². The highest BCUT2D eigenvalue weighted by Gasteiger charge is 2.34. The molecule has 1 N–H and O–H groups in total. The van der Waals surface area contributed by atoms with Crippen LogP contribution in [0.4, 0.5) is 5.69 Å². The molecule has 1 atom stereocenters. The first-order valence-corrected chi connectivity index (χ1v) is 15.1. The van der Waals surface area contributed by atoms with E-state index in [0.717, 1.165) is 9.87 Å². The average Bonchev–Trinajstić information content (AvgIpc) is 2.99. The van der Waals surface area contributed by atoms with Crippen molar-refractivity contribution in [2.24, 2.45) is 0 Å². The van der Waals surface area contributed by atoms with Gasteiger partial charge in [0.15, 0.2) is 11.5 Å². The predicted octanol–water partition coefficient (Wildman–Crippen LogP) is 4.16. The van der Waals surface area contributed by atoms with E-state index in [4.69, 9.17) is 25.8 Å². The zero-order valence-corrected chi connectivity index (χ0v) is 25.9. The summed E-state index contributed by atoms with van der Waals surface area (Å²) in [6, 6.07) is 17.2. The molecule has 12 heteroatoms. The summed E-state index contributed by atoms with van der Waals surface area (Å²) >= 11 is 6.28. The van der Waals surface area contributed by atoms with Crippen LogP contribution in [0.3, 0.4) is 0 Å². The molecule has 226 valence electrons. The minimum Gasteiger partial charge on any atom is -0.495 e. The Morgan fingerprint density at radius 2 is 1.55 bits per heavy atom. The van der Waals surface area contributed by atoms with Gasteiger partial charge in [0.05, 0.1) is 31.9 Å². The van der Waals surface area contributed by atoms with Gasteiger partial charge in [-0.1, -0.05) is 41.9 Å². The minimum atomic E-state index is -4.40. The number of hydrogen-bond acceptors (Lipinski definition) is 7. The zero-order chi connectivity index (χ0) is 30.9. The molecular formula is C30H36ClN3O7S. The fraction of sp³-hybridized carbons (Fsp3) is 0.333. The highest BCUT2D eigenvalue weighted by molar-refractivity contribution is 7.92. The number of amides is 2. The van der Waals surface area contributed by atoms with Crippen molar-refractivity contribution >= 4 is 39.1 Å². The van der Waals surface area contributed by atoms with E-state index in [1.165, 1.54) is 56.6 Å². The van der Waals surface area contributed by atoms with Gasteiger partial charge in [-0.15, -0.1) is 0 Å². The Labute approximate surface area is 252 Å². The van der Waals surface area contributed by atoms with Crippen LogP contribution in [-0.2, 0) is 26.0 Å². The van der Waals surface area contributed by atoms with Gasteiger partial charge >= 0.3 is 0 Å². The molecule has 0 aromatic heterocycles. The van der Waals surface area contributed by atoms with Crippen LogP contribution in [0.1, 0.15) is 19.4 Å². The summed E-state index contributed by atoms with van der Waals surface area (Å²) in [5.41, 5.74) is 1.02. The number of benzene rings is 3. The normalized spacial score (nSPS) is 11.8. The van der Waals surface area contributed by atoms with Gasteiger partial charge < -0.3 is 24.4 Å². The Balaban J connectivity index is 2.10. The number of methoxy groups -OCH3 is 3. The quantitative estimate of drug-likeness (QED) is 0.289. The third-order valence-corrected chi connectivity index (χ3v) is 8.62. The highest BCUT2D eigenvalue weighted by atomic mass is 35.5. The number of nitrogens with zero attached hydrogens (tertiary/aromatic N) is 2. The highest BCUT2D eigenvalue weighted by Crippen LogP contribution is 2.37. The van der Waals surface area contributed by atoms with E-state index >= 15 is 0 Å². The molecule has 0 unspecified atom stereocenters. The first-order valence-electron chi connectivity index (χ1n) is 13.3. The van der Waals surface area contributed by atoms with E-state index in [-0.39, 0.29) is 39.6 Å². The van der Waals surface area contributed by atoms with Gasteiger partial charge in [0.1, 0.15) is 18.3 Å². The number of ether oxygens (including phenoxy) is 3. The van der Waals surface area contributed by atoms with Gasteiger partial charge in [0.2, 0.25) is 11.8 Å². The third-order valence-electron chi connectivity index (χ3n) is 6.63. The number of likely N-dealkylation sites (N-methyl/N-ethyl adjacent to an activating group) is 1. The maximum Gasteiger partial charge on any atom is 0.265 e. The molecule has 3 aromatic rings. The second-order valence-corrected chi connectivity index (χ2v) is 11.5. The van der Waals surface area contributed by atoms with Gasteiger partial charge in [-0.3, -0.25) is 13.9 Å². The topological polar surface area (TPSA) is 114 Å². The number of anilines is 1. The minimum absolute atomic E-state index is 0.0572. The molecule has 0 radical (unpaired) electrons. The van der Waals surface area contributed by atoms with E-state index < -0.39 is 28.5 Å². The molecule has 0 spiro atoms. The fourth-order valence-electron chi connectivity index (χ4n) is 4.37. The van der Waals surface area contributed by atoms with E-state index in [2.05, 4.69) is 5.32 Å². The van der Waals surface area contributed by atoms with Crippen LogP contribution in [0.15, 0.2) is 71.6 Å². The summed E-state index contributed by atoms with van der Waals surface area (Å²) in [7, 11) is -0.184. The lowest BCUT2D eigenvalue weighted by molar-refractivity contribution is -0.138. The molecule has 10 nitrogen and oxygen atoms in total. The zero-order valence-electron chi connectivity index (χ0n) is 24.3. The molecule has 0 saturated heterocycles. The van der Waals surface area contributed by atoms with Crippen LogP contribution in [0.2, 0.25) is 5.02 Å². The number of halogens is 1. The van der Waals surface area contributed by atoms with Crippen LogP contribution in [0.25, 0.3) is 0 Å². The number of carbonyl (C=O) groups is 2. The molecule has 42 heavy (non-hydrogen) atoms. The third kappa shape index (κ3) is 7.65. The lowest BCUT2D eigenvalue weighted by Crippen LogP contribution is -2.52. The van der Waals surface area contributed by atoms with Crippen LogP contribution in [0.5, 0.6) is 17.2 Å². The van der Waals surface area contributed by atoms with Gasteiger partial charge in [0, 0.05) is 24.2 Å². The predicted molar refractivity (Wildman–Crippen MR) is 162 cm³/mol. The molecule has 2 amide bonds. The van der Waals surface area contributed by atoms with Gasteiger partial charge in [-0.05, 0) is 56.2 Å². The molecule has 0 saturated carbocycles. The molecule has 0 aliphatic rings. The van der Waals surface area contributed by atoms with Crippen molar-refractivity contribution in [2.45, 2.75) is 31.2 Å². The number of sulfonamides is 1. The van der Waals surface area contributed by atoms with Crippen molar-refractivity contribution in [1.82, 2.24) is 10.2 Å². The summed E-state index contributed by atoms with van der Waals surface area (Å²) in [4.78, 5) is 28.1. The lowest BCUT2D eigenvalue weighted by Gasteiger charge is -2.32. The monoisotopic (exact) mass is 617 g/mol. The van der Waals surface area contributed by atoms with Crippen molar-refractivity contribution < 1.29 is 32.2 Å². The SMILES string of the molecule is CCNC(=O)[C@@H](C)N(CCc1ccccc1)C(=O)CN(c1cc(Cl)ccc1OC)S(=O)(=O)c1ccc(OC)c(OC)c1. The van der Waals surface area contributed by atoms with Crippen LogP contribution in [0, 0.1) is 0 Å². The standard InChI is InChI=1S/C30H36ClN3O7S/c1-6-32-30(36)21(2)33(17-16-22-10-8-7-9-11-22)29(35)20-34(25-18-23(31)12-14-26(25)39-3)42(37,38)24-13-15-27(40-4)28(19-24)41-5/h7-15,18-19,21H,6,16-17,20H2,1-5H3,(H,32,36)/t21-/m1/s1. The Morgan fingerprint density at radius 1 is 0.905 bits per heavy atom. The Morgan fingerprint density at radius 3 is 2.17 bits per heavy atom. The average molecular weight is 618 g/mol. The van der Waals surface area contributed by atoms with Crippen LogP contribution in [-0.4, -0.2) is 72.1 Å². The number of hydrogen-bond donors (Lipinski definition) is 1. The molecule has 0 aliphatic carbocycles. The maximum atomic E-state index is 14.2. The first-order chi connectivity index (χ1) is 20.1. The molecule has 0 bridgehead atoms. The van der Waals surface area contributed by atoms with Gasteiger partial charge in [-0.25, -0.2) is 8.42 Å². The second-order valence-electron chi connectivity index (χ2n) is 9.24. The van der Waals surface area contributed by atoms with Crippen molar-refractivity contribution in [3.05, 3.63) is 77.3 Å². The summed E-state index contributed by atoms with van der Waals surface area (Å²) in [5.74, 6) is -0.229. The maximum absolute atomic E-state index is 14.2. The smallest absolute Gasteiger partial charge is 0.265 e. The molecule has 3 aromatic carbocycles. The summed E-state index contributed by atoms with van der Waals surface area (Å²) in [6.45, 7) is 3.32. The number of nitrogens with one attached hydrogen (secondary N) is 1.